The molecule has 1 heterocycles. The van der Waals surface area contributed by atoms with Gasteiger partial charge in [-0.05, 0) is 49.5 Å². The summed E-state index contributed by atoms with van der Waals surface area (Å²) in [4.78, 5) is 2.51. The van der Waals surface area contributed by atoms with E-state index < -0.39 is 0 Å². The van der Waals surface area contributed by atoms with Gasteiger partial charge in [0.15, 0.2) is 0 Å². The van der Waals surface area contributed by atoms with E-state index in [1.165, 1.54) is 12.5 Å². The van der Waals surface area contributed by atoms with Gasteiger partial charge in [-0.2, -0.15) is 0 Å². The van der Waals surface area contributed by atoms with Crippen LogP contribution in [-0.2, 0) is 12.8 Å². The van der Waals surface area contributed by atoms with Crippen LogP contribution in [-0.4, -0.2) is 47.3 Å². The van der Waals surface area contributed by atoms with Crippen molar-refractivity contribution in [3.8, 4) is 11.5 Å². The summed E-state index contributed by atoms with van der Waals surface area (Å²) >= 11 is 0. The van der Waals surface area contributed by atoms with Gasteiger partial charge in [0, 0.05) is 25.2 Å². The molecule has 0 amide bonds. The van der Waals surface area contributed by atoms with Crippen LogP contribution in [0.15, 0.2) is 12.1 Å². The van der Waals surface area contributed by atoms with Crippen molar-refractivity contribution in [3.05, 3.63) is 23.3 Å². The molecule has 0 aromatic heterocycles. The normalized spacial score (nSPS) is 24.8. The van der Waals surface area contributed by atoms with Gasteiger partial charge in [0.2, 0.25) is 0 Å². The first kappa shape index (κ1) is 11.8. The highest BCUT2D eigenvalue weighted by atomic mass is 16.3. The fourth-order valence-corrected chi connectivity index (χ4v) is 3.17. The molecular weight excluding hydrogens is 228 g/mol. The van der Waals surface area contributed by atoms with Crippen molar-refractivity contribution in [2.45, 2.75) is 25.3 Å². The van der Waals surface area contributed by atoms with Gasteiger partial charge in [-0.15, -0.1) is 0 Å². The number of nitrogens with zero attached hydrogens (tertiary/aromatic N) is 1. The number of fused-ring (bicyclic) bond motifs is 1. The van der Waals surface area contributed by atoms with Crippen LogP contribution in [0.2, 0.25) is 0 Å². The van der Waals surface area contributed by atoms with E-state index >= 15 is 0 Å². The minimum Gasteiger partial charge on any atom is -0.508 e. The summed E-state index contributed by atoms with van der Waals surface area (Å²) in [7, 11) is 0. The van der Waals surface area contributed by atoms with Crippen LogP contribution in [0.1, 0.15) is 17.5 Å². The second-order valence-electron chi connectivity index (χ2n) is 5.30. The summed E-state index contributed by atoms with van der Waals surface area (Å²) in [6.45, 7) is 4.34. The second-order valence-corrected chi connectivity index (χ2v) is 5.30. The lowest BCUT2D eigenvalue weighted by Crippen LogP contribution is -2.38. The standard InChI is InChI=1S/C14H20N2O2/c17-12-7-10-6-11(8-13(10)14(18)9-12)16-4-1-2-15-3-5-16/h7,9,11,15,17-18H,1-6,8H2. The molecule has 1 aromatic carbocycles. The van der Waals surface area contributed by atoms with Gasteiger partial charge >= 0.3 is 0 Å². The molecule has 2 aliphatic rings. The van der Waals surface area contributed by atoms with Crippen molar-refractivity contribution in [2.24, 2.45) is 0 Å². The molecule has 1 aliphatic heterocycles. The molecule has 3 N–H and O–H groups in total. The maximum Gasteiger partial charge on any atom is 0.122 e. The minimum atomic E-state index is 0.171. The molecule has 0 bridgehead atoms. The quantitative estimate of drug-likeness (QED) is 0.690. The molecule has 98 valence electrons. The Bertz CT molecular complexity index is 440. The summed E-state index contributed by atoms with van der Waals surface area (Å²) in [5, 5.41) is 22.8. The van der Waals surface area contributed by atoms with Gasteiger partial charge in [-0.3, -0.25) is 4.90 Å². The van der Waals surface area contributed by atoms with Gasteiger partial charge in [-0.1, -0.05) is 0 Å². The van der Waals surface area contributed by atoms with Crippen molar-refractivity contribution < 1.29 is 10.2 Å². The predicted molar refractivity (Wildman–Crippen MR) is 70.0 cm³/mol. The number of hydrogen-bond donors (Lipinski definition) is 3. The fourth-order valence-electron chi connectivity index (χ4n) is 3.17. The number of aromatic hydroxyl groups is 2. The summed E-state index contributed by atoms with van der Waals surface area (Å²) in [6.07, 6.45) is 3.03. The van der Waals surface area contributed by atoms with Crippen LogP contribution in [0.4, 0.5) is 0 Å². The van der Waals surface area contributed by atoms with Crippen molar-refractivity contribution in [2.75, 3.05) is 26.2 Å². The largest absolute Gasteiger partial charge is 0.508 e. The SMILES string of the molecule is Oc1cc(O)c2c(c1)CC(N1CCCNCC1)C2. The van der Waals surface area contributed by atoms with Crippen LogP contribution in [0, 0.1) is 0 Å². The molecule has 0 radical (unpaired) electrons. The van der Waals surface area contributed by atoms with Crippen LogP contribution < -0.4 is 5.32 Å². The Balaban J connectivity index is 1.77. The van der Waals surface area contributed by atoms with E-state index in [1.54, 1.807) is 6.07 Å². The smallest absolute Gasteiger partial charge is 0.122 e. The number of benzene rings is 1. The molecule has 4 nitrogen and oxygen atoms in total. The molecule has 1 aromatic rings. The second kappa shape index (κ2) is 4.78. The minimum absolute atomic E-state index is 0.171. The summed E-state index contributed by atoms with van der Waals surface area (Å²) < 4.78 is 0. The highest BCUT2D eigenvalue weighted by molar-refractivity contribution is 5.48. The van der Waals surface area contributed by atoms with E-state index in [2.05, 4.69) is 10.2 Å². The van der Waals surface area contributed by atoms with Gasteiger partial charge in [-0.25, -0.2) is 0 Å². The molecule has 18 heavy (non-hydrogen) atoms. The molecule has 1 saturated heterocycles. The van der Waals surface area contributed by atoms with Crippen LogP contribution >= 0.6 is 0 Å². The van der Waals surface area contributed by atoms with Crippen LogP contribution in [0.3, 0.4) is 0 Å². The van der Waals surface area contributed by atoms with Gasteiger partial charge in [0.05, 0.1) is 0 Å². The third-order valence-corrected chi connectivity index (χ3v) is 4.09. The van der Waals surface area contributed by atoms with Crippen LogP contribution in [0.25, 0.3) is 0 Å². The highest BCUT2D eigenvalue weighted by Gasteiger charge is 2.29. The Hall–Kier alpha value is -1.26. The lowest BCUT2D eigenvalue weighted by molar-refractivity contribution is 0.214. The Morgan fingerprint density at radius 3 is 2.89 bits per heavy atom. The molecule has 3 rings (SSSR count). The summed E-state index contributed by atoms with van der Waals surface area (Å²) in [5.74, 6) is 0.421. The Kier molecular flexibility index (Phi) is 3.14. The van der Waals surface area contributed by atoms with Crippen molar-refractivity contribution in [1.82, 2.24) is 10.2 Å². The third-order valence-electron chi connectivity index (χ3n) is 4.09. The van der Waals surface area contributed by atoms with Crippen molar-refractivity contribution >= 4 is 0 Å². The highest BCUT2D eigenvalue weighted by Crippen LogP contribution is 2.35. The topological polar surface area (TPSA) is 55.7 Å². The van der Waals surface area contributed by atoms with Crippen molar-refractivity contribution in [1.29, 1.82) is 0 Å². The average Bonchev–Trinajstić information content (AvgIpc) is 2.59. The number of hydrogen-bond acceptors (Lipinski definition) is 4. The van der Waals surface area contributed by atoms with E-state index in [-0.39, 0.29) is 11.5 Å². The molecule has 0 spiro atoms. The summed E-state index contributed by atoms with van der Waals surface area (Å²) in [5.41, 5.74) is 2.13. The Morgan fingerprint density at radius 2 is 2.00 bits per heavy atom. The number of phenolic OH excluding ortho intramolecular Hbond substituents is 2. The lowest BCUT2D eigenvalue weighted by atomic mass is 10.1. The molecule has 1 atom stereocenters. The molecule has 0 saturated carbocycles. The molecule has 4 heteroatoms. The van der Waals surface area contributed by atoms with E-state index in [9.17, 15) is 10.2 Å². The number of nitrogens with one attached hydrogen (secondary N) is 1. The zero-order valence-corrected chi connectivity index (χ0v) is 10.5. The molecule has 1 fully saturated rings. The molecule has 1 unspecified atom stereocenters. The van der Waals surface area contributed by atoms with E-state index in [1.807, 2.05) is 0 Å². The average molecular weight is 248 g/mol. The maximum absolute atomic E-state index is 9.89. The van der Waals surface area contributed by atoms with E-state index in [0.717, 1.165) is 50.1 Å². The van der Waals surface area contributed by atoms with Gasteiger partial charge in [0.1, 0.15) is 11.5 Å². The number of rotatable bonds is 1. The third kappa shape index (κ3) is 2.18. The zero-order valence-electron chi connectivity index (χ0n) is 10.5. The first-order valence-corrected chi connectivity index (χ1v) is 6.72. The lowest BCUT2D eigenvalue weighted by Gasteiger charge is -2.26. The first-order valence-electron chi connectivity index (χ1n) is 6.72. The fraction of sp³-hybridized carbons (Fsp3) is 0.571. The van der Waals surface area contributed by atoms with E-state index in [0.29, 0.717) is 6.04 Å². The summed E-state index contributed by atoms with van der Waals surface area (Å²) in [6, 6.07) is 3.73. The predicted octanol–water partition coefficient (Wildman–Crippen LogP) is 0.860. The zero-order chi connectivity index (χ0) is 12.5. The molecule has 1 aliphatic carbocycles. The van der Waals surface area contributed by atoms with Crippen LogP contribution in [0.5, 0.6) is 11.5 Å². The Morgan fingerprint density at radius 1 is 1.11 bits per heavy atom. The molecular formula is C14H20N2O2. The monoisotopic (exact) mass is 248 g/mol. The van der Waals surface area contributed by atoms with E-state index in [4.69, 9.17) is 0 Å². The number of phenols is 2. The van der Waals surface area contributed by atoms with Gasteiger partial charge in [0.25, 0.3) is 0 Å². The maximum atomic E-state index is 9.89. The van der Waals surface area contributed by atoms with Crippen molar-refractivity contribution in [3.63, 3.8) is 0 Å². The van der Waals surface area contributed by atoms with Gasteiger partial charge < -0.3 is 15.5 Å². The first-order chi connectivity index (χ1) is 8.74. The Labute approximate surface area is 107 Å².